The van der Waals surface area contributed by atoms with Gasteiger partial charge in [-0.05, 0) is 12.0 Å². The van der Waals surface area contributed by atoms with E-state index >= 15 is 0 Å². The number of amides is 2. The van der Waals surface area contributed by atoms with Gasteiger partial charge in [0.25, 0.3) is 0 Å². The van der Waals surface area contributed by atoms with Gasteiger partial charge in [-0.15, -0.1) is 0 Å². The van der Waals surface area contributed by atoms with E-state index in [1.807, 2.05) is 26.8 Å². The van der Waals surface area contributed by atoms with E-state index in [4.69, 9.17) is 4.74 Å². The molecular weight excluding hydrogens is 342 g/mol. The van der Waals surface area contributed by atoms with Gasteiger partial charge in [0.1, 0.15) is 0 Å². The van der Waals surface area contributed by atoms with Crippen LogP contribution < -0.4 is 10.6 Å². The quantitative estimate of drug-likeness (QED) is 0.682. The van der Waals surface area contributed by atoms with Gasteiger partial charge in [-0.3, -0.25) is 14.5 Å². The lowest BCUT2D eigenvalue weighted by molar-refractivity contribution is -0.128. The molecule has 150 valence electrons. The molecule has 2 rings (SSSR count). The molecule has 1 fully saturated rings. The first-order valence-corrected chi connectivity index (χ1v) is 9.77. The van der Waals surface area contributed by atoms with Crippen LogP contribution in [0.15, 0.2) is 30.3 Å². The number of carbonyl (C=O) groups is 2. The Morgan fingerprint density at radius 3 is 2.63 bits per heavy atom. The topological polar surface area (TPSA) is 70.7 Å². The number of hydrogen-bond acceptors (Lipinski definition) is 4. The average Bonchev–Trinajstić information content (AvgIpc) is 2.64. The van der Waals surface area contributed by atoms with Crippen molar-refractivity contribution in [3.05, 3.63) is 35.9 Å². The molecule has 1 atom stereocenters. The van der Waals surface area contributed by atoms with Crippen molar-refractivity contribution in [3.8, 4) is 0 Å². The summed E-state index contributed by atoms with van der Waals surface area (Å²) in [6, 6.07) is 10.4. The maximum absolute atomic E-state index is 12.0. The van der Waals surface area contributed by atoms with E-state index in [2.05, 4.69) is 39.8 Å². The fourth-order valence-corrected chi connectivity index (χ4v) is 2.92. The van der Waals surface area contributed by atoms with Crippen molar-refractivity contribution >= 4 is 11.8 Å². The van der Waals surface area contributed by atoms with Gasteiger partial charge in [0.2, 0.25) is 11.8 Å². The first-order chi connectivity index (χ1) is 12.8. The van der Waals surface area contributed by atoms with Crippen LogP contribution >= 0.6 is 0 Å². The van der Waals surface area contributed by atoms with E-state index in [0.29, 0.717) is 32.5 Å². The van der Waals surface area contributed by atoms with Gasteiger partial charge in [-0.25, -0.2) is 0 Å². The van der Waals surface area contributed by atoms with Crippen LogP contribution in [-0.4, -0.2) is 55.6 Å². The summed E-state index contributed by atoms with van der Waals surface area (Å²) < 4.78 is 5.78. The van der Waals surface area contributed by atoms with Gasteiger partial charge in [-0.2, -0.15) is 0 Å². The molecule has 1 unspecified atom stereocenters. The minimum atomic E-state index is -0.397. The van der Waals surface area contributed by atoms with Crippen molar-refractivity contribution in [2.24, 2.45) is 5.41 Å². The molecule has 1 heterocycles. The van der Waals surface area contributed by atoms with Crippen LogP contribution in [0.4, 0.5) is 0 Å². The summed E-state index contributed by atoms with van der Waals surface area (Å²) in [5.41, 5.74) is 0.895. The van der Waals surface area contributed by atoms with Crippen molar-refractivity contribution in [2.45, 2.75) is 46.3 Å². The third kappa shape index (κ3) is 8.10. The fraction of sp³-hybridized carbons (Fsp3) is 0.619. The van der Waals surface area contributed by atoms with Crippen LogP contribution in [0.25, 0.3) is 0 Å². The Bertz CT molecular complexity index is 598. The number of carbonyl (C=O) groups excluding carboxylic acids is 2. The molecule has 1 aliphatic rings. The second kappa shape index (κ2) is 10.4. The summed E-state index contributed by atoms with van der Waals surface area (Å²) >= 11 is 0. The number of hydrogen-bond donors (Lipinski definition) is 2. The molecule has 0 aromatic heterocycles. The summed E-state index contributed by atoms with van der Waals surface area (Å²) in [4.78, 5) is 26.1. The van der Waals surface area contributed by atoms with Crippen LogP contribution in [0.1, 0.15) is 39.2 Å². The average molecular weight is 376 g/mol. The predicted molar refractivity (Wildman–Crippen MR) is 106 cm³/mol. The largest absolute Gasteiger partial charge is 0.374 e. The Morgan fingerprint density at radius 2 is 1.93 bits per heavy atom. The van der Waals surface area contributed by atoms with Gasteiger partial charge in [0, 0.05) is 44.6 Å². The number of benzene rings is 1. The van der Waals surface area contributed by atoms with Gasteiger partial charge in [0.15, 0.2) is 0 Å². The van der Waals surface area contributed by atoms with Gasteiger partial charge in [0.05, 0.1) is 12.7 Å². The highest BCUT2D eigenvalue weighted by Crippen LogP contribution is 2.12. The second-order valence-electron chi connectivity index (χ2n) is 8.13. The number of rotatable bonds is 8. The molecule has 0 spiro atoms. The van der Waals surface area contributed by atoms with E-state index in [0.717, 1.165) is 19.6 Å². The normalized spacial score (nSPS) is 18.1. The van der Waals surface area contributed by atoms with Crippen molar-refractivity contribution in [1.29, 1.82) is 0 Å². The molecule has 6 nitrogen and oxygen atoms in total. The lowest BCUT2D eigenvalue weighted by Gasteiger charge is -2.33. The third-order valence-electron chi connectivity index (χ3n) is 4.55. The zero-order valence-corrected chi connectivity index (χ0v) is 16.8. The van der Waals surface area contributed by atoms with Crippen LogP contribution in [0, 0.1) is 5.41 Å². The van der Waals surface area contributed by atoms with Crippen LogP contribution in [-0.2, 0) is 20.9 Å². The molecule has 0 aliphatic carbocycles. The monoisotopic (exact) mass is 375 g/mol. The summed E-state index contributed by atoms with van der Waals surface area (Å²) in [6.45, 7) is 9.99. The Balaban J connectivity index is 1.61. The number of ether oxygens (including phenoxy) is 1. The summed E-state index contributed by atoms with van der Waals surface area (Å²) in [6.07, 6.45) is 1.07. The Labute approximate surface area is 162 Å². The summed E-state index contributed by atoms with van der Waals surface area (Å²) in [5.74, 6) is 0.0146. The molecule has 2 amide bonds. The zero-order chi connectivity index (χ0) is 19.7. The second-order valence-corrected chi connectivity index (χ2v) is 8.13. The molecule has 1 aromatic rings. The molecule has 1 aliphatic heterocycles. The van der Waals surface area contributed by atoms with Gasteiger partial charge in [-0.1, -0.05) is 51.1 Å². The SMILES string of the molecule is CC(C)(C)C(=O)NCCCC(=O)NCC1CN(Cc2ccccc2)CCO1. The minimum absolute atomic E-state index is 0.00351. The fourth-order valence-electron chi connectivity index (χ4n) is 2.92. The van der Waals surface area contributed by atoms with Crippen LogP contribution in [0.2, 0.25) is 0 Å². The van der Waals surface area contributed by atoms with Crippen molar-refractivity contribution in [2.75, 3.05) is 32.8 Å². The molecule has 1 saturated heterocycles. The smallest absolute Gasteiger partial charge is 0.225 e. The van der Waals surface area contributed by atoms with E-state index in [1.165, 1.54) is 5.56 Å². The third-order valence-corrected chi connectivity index (χ3v) is 4.55. The first-order valence-electron chi connectivity index (χ1n) is 9.77. The molecule has 2 N–H and O–H groups in total. The molecule has 6 heteroatoms. The van der Waals surface area contributed by atoms with Crippen molar-refractivity contribution in [1.82, 2.24) is 15.5 Å². The standard InChI is InChI=1S/C21H33N3O3/c1-21(2,3)20(26)22-11-7-10-19(25)23-14-18-16-24(12-13-27-18)15-17-8-5-4-6-9-17/h4-6,8-9,18H,7,10-16H2,1-3H3,(H,22,26)(H,23,25). The van der Waals surface area contributed by atoms with E-state index < -0.39 is 5.41 Å². The number of nitrogens with zero attached hydrogens (tertiary/aromatic N) is 1. The zero-order valence-electron chi connectivity index (χ0n) is 16.8. The van der Waals surface area contributed by atoms with Gasteiger partial charge >= 0.3 is 0 Å². The number of morpholine rings is 1. The number of nitrogens with one attached hydrogen (secondary N) is 2. The molecular formula is C21H33N3O3. The Hall–Kier alpha value is -1.92. The molecule has 1 aromatic carbocycles. The van der Waals surface area contributed by atoms with Crippen molar-refractivity contribution in [3.63, 3.8) is 0 Å². The minimum Gasteiger partial charge on any atom is -0.374 e. The highest BCUT2D eigenvalue weighted by molar-refractivity contribution is 5.81. The van der Waals surface area contributed by atoms with E-state index in [9.17, 15) is 9.59 Å². The van der Waals surface area contributed by atoms with E-state index in [1.54, 1.807) is 0 Å². The lowest BCUT2D eigenvalue weighted by atomic mass is 9.96. The Morgan fingerprint density at radius 1 is 1.19 bits per heavy atom. The highest BCUT2D eigenvalue weighted by Gasteiger charge is 2.22. The predicted octanol–water partition coefficient (Wildman–Crippen LogP) is 1.95. The maximum atomic E-state index is 12.0. The highest BCUT2D eigenvalue weighted by atomic mass is 16.5. The molecule has 27 heavy (non-hydrogen) atoms. The van der Waals surface area contributed by atoms with Crippen molar-refractivity contribution < 1.29 is 14.3 Å². The van der Waals surface area contributed by atoms with Gasteiger partial charge < -0.3 is 15.4 Å². The summed E-state index contributed by atoms with van der Waals surface area (Å²) in [7, 11) is 0. The first kappa shape index (κ1) is 21.4. The maximum Gasteiger partial charge on any atom is 0.225 e. The van der Waals surface area contributed by atoms with Crippen LogP contribution in [0.3, 0.4) is 0 Å². The molecule has 0 radical (unpaired) electrons. The molecule has 0 bridgehead atoms. The van der Waals surface area contributed by atoms with Crippen LogP contribution in [0.5, 0.6) is 0 Å². The lowest BCUT2D eigenvalue weighted by Crippen LogP contribution is -2.47. The summed E-state index contributed by atoms with van der Waals surface area (Å²) in [5, 5.41) is 5.81. The molecule has 0 saturated carbocycles. The Kier molecular flexibility index (Phi) is 8.25. The van der Waals surface area contributed by atoms with E-state index in [-0.39, 0.29) is 17.9 Å².